The van der Waals surface area contributed by atoms with Crippen LogP contribution in [0, 0.1) is 20.8 Å². The molecule has 0 aliphatic carbocycles. The monoisotopic (exact) mass is 449 g/mol. The molecule has 1 N–H and O–H groups in total. The van der Waals surface area contributed by atoms with Crippen molar-refractivity contribution in [1.29, 1.82) is 0 Å². The zero-order valence-electron chi connectivity index (χ0n) is 19.1. The third kappa shape index (κ3) is 5.01. The molecule has 2 amide bonds. The molecule has 6 heteroatoms. The number of fused-ring (bicyclic) bond motifs is 1. The summed E-state index contributed by atoms with van der Waals surface area (Å²) in [5.74, 6) is 0.470. The minimum atomic E-state index is -0.0220. The number of aryl methyl sites for hydroxylation is 3. The normalized spacial score (nSPS) is 14.0. The van der Waals surface area contributed by atoms with E-state index in [-0.39, 0.29) is 11.8 Å². The molecule has 1 saturated heterocycles. The third-order valence-corrected chi connectivity index (χ3v) is 7.11. The van der Waals surface area contributed by atoms with Gasteiger partial charge in [-0.1, -0.05) is 35.9 Å². The number of nitrogens with zero attached hydrogens (tertiary/aromatic N) is 2. The minimum Gasteiger partial charge on any atom is -0.341 e. The number of piperidine rings is 1. The van der Waals surface area contributed by atoms with Gasteiger partial charge in [-0.2, -0.15) is 0 Å². The third-order valence-electron chi connectivity index (χ3n) is 6.07. The van der Waals surface area contributed by atoms with Gasteiger partial charge in [0.2, 0.25) is 11.8 Å². The molecule has 0 bridgehead atoms. The molecule has 3 aromatic rings. The molecule has 2 heterocycles. The molecule has 4 rings (SSSR count). The number of aromatic nitrogens is 1. The lowest BCUT2D eigenvalue weighted by atomic mass is 10.1. The number of hydrogen-bond donors (Lipinski definition) is 1. The van der Waals surface area contributed by atoms with E-state index < -0.39 is 0 Å². The van der Waals surface area contributed by atoms with Crippen LogP contribution in [0.4, 0.5) is 5.69 Å². The van der Waals surface area contributed by atoms with Gasteiger partial charge in [-0.3, -0.25) is 9.59 Å². The van der Waals surface area contributed by atoms with Gasteiger partial charge in [-0.05, 0) is 57.2 Å². The number of carbonyl (C=O) groups is 2. The highest BCUT2D eigenvalue weighted by molar-refractivity contribution is 8.00. The Balaban J connectivity index is 1.46. The van der Waals surface area contributed by atoms with Gasteiger partial charge in [-0.25, -0.2) is 0 Å². The Labute approximate surface area is 194 Å². The summed E-state index contributed by atoms with van der Waals surface area (Å²) in [6.45, 7) is 8.17. The molecule has 5 nitrogen and oxygen atoms in total. The molecule has 0 unspecified atom stereocenters. The lowest BCUT2D eigenvalue weighted by Crippen LogP contribution is -2.37. The Morgan fingerprint density at radius 2 is 1.69 bits per heavy atom. The number of anilines is 1. The summed E-state index contributed by atoms with van der Waals surface area (Å²) >= 11 is 1.52. The Bertz CT molecular complexity index is 1120. The number of benzene rings is 2. The van der Waals surface area contributed by atoms with Crippen molar-refractivity contribution in [3.05, 3.63) is 59.3 Å². The molecular weight excluding hydrogens is 418 g/mol. The summed E-state index contributed by atoms with van der Waals surface area (Å²) in [6, 6.07) is 12.3. The summed E-state index contributed by atoms with van der Waals surface area (Å²) in [4.78, 5) is 28.5. The fourth-order valence-electron chi connectivity index (χ4n) is 4.54. The van der Waals surface area contributed by atoms with Crippen molar-refractivity contribution in [1.82, 2.24) is 9.47 Å². The largest absolute Gasteiger partial charge is 0.341 e. The number of rotatable bonds is 6. The van der Waals surface area contributed by atoms with Crippen LogP contribution in [0.15, 0.2) is 47.5 Å². The van der Waals surface area contributed by atoms with Crippen LogP contribution in [0.2, 0.25) is 0 Å². The molecule has 0 spiro atoms. The first-order valence-corrected chi connectivity index (χ1v) is 12.3. The van der Waals surface area contributed by atoms with E-state index in [2.05, 4.69) is 30.4 Å². The van der Waals surface area contributed by atoms with E-state index in [0.29, 0.717) is 12.3 Å². The Morgan fingerprint density at radius 1 is 1.00 bits per heavy atom. The van der Waals surface area contributed by atoms with Crippen LogP contribution in [0.5, 0.6) is 0 Å². The van der Waals surface area contributed by atoms with Gasteiger partial charge in [0.05, 0.1) is 5.75 Å². The van der Waals surface area contributed by atoms with E-state index in [9.17, 15) is 9.59 Å². The predicted molar refractivity (Wildman–Crippen MR) is 132 cm³/mol. The second-order valence-corrected chi connectivity index (χ2v) is 9.71. The summed E-state index contributed by atoms with van der Waals surface area (Å²) in [7, 11) is 0. The van der Waals surface area contributed by atoms with Gasteiger partial charge in [0.25, 0.3) is 0 Å². The highest BCUT2D eigenvalue weighted by Gasteiger charge is 2.19. The van der Waals surface area contributed by atoms with Crippen molar-refractivity contribution < 1.29 is 9.59 Å². The molecule has 32 heavy (non-hydrogen) atoms. The highest BCUT2D eigenvalue weighted by Crippen LogP contribution is 2.31. The molecule has 0 radical (unpaired) electrons. The van der Waals surface area contributed by atoms with E-state index >= 15 is 0 Å². The topological polar surface area (TPSA) is 54.3 Å². The van der Waals surface area contributed by atoms with Crippen molar-refractivity contribution in [3.8, 4) is 0 Å². The van der Waals surface area contributed by atoms with E-state index in [1.807, 2.05) is 47.7 Å². The van der Waals surface area contributed by atoms with Crippen molar-refractivity contribution in [2.75, 3.05) is 24.2 Å². The predicted octanol–water partition coefficient (Wildman–Crippen LogP) is 5.31. The quantitative estimate of drug-likeness (QED) is 0.519. The van der Waals surface area contributed by atoms with Crippen LogP contribution >= 0.6 is 11.8 Å². The SMILES string of the molecule is Cc1cc(C)c(NC(=O)CSc2cn(CC(=O)N3CCCCC3)c3ccccc23)c(C)c1. The number of nitrogens with one attached hydrogen (secondary N) is 1. The Hall–Kier alpha value is -2.73. The average molecular weight is 450 g/mol. The minimum absolute atomic E-state index is 0.0220. The fraction of sp³-hybridized carbons (Fsp3) is 0.385. The number of amides is 2. The first-order chi connectivity index (χ1) is 15.4. The Kier molecular flexibility index (Phi) is 6.89. The summed E-state index contributed by atoms with van der Waals surface area (Å²) in [6.07, 6.45) is 5.41. The van der Waals surface area contributed by atoms with E-state index in [0.717, 1.165) is 58.5 Å². The van der Waals surface area contributed by atoms with Crippen LogP contribution < -0.4 is 5.32 Å². The fourth-order valence-corrected chi connectivity index (χ4v) is 5.43. The standard InChI is InChI=1S/C26H31N3O2S/c1-18-13-19(2)26(20(3)14-18)27-24(30)17-32-23-15-29(22-10-6-5-9-21(22)23)16-25(31)28-11-7-4-8-12-28/h5-6,9-10,13-15H,4,7-8,11-12,16-17H2,1-3H3,(H,27,30). The first-order valence-electron chi connectivity index (χ1n) is 11.3. The van der Waals surface area contributed by atoms with Crippen molar-refractivity contribution >= 4 is 40.2 Å². The number of likely N-dealkylation sites (tertiary alicyclic amines) is 1. The Morgan fingerprint density at radius 3 is 2.41 bits per heavy atom. The maximum atomic E-state index is 12.8. The molecule has 0 atom stereocenters. The summed E-state index contributed by atoms with van der Waals surface area (Å²) in [5, 5.41) is 4.16. The van der Waals surface area contributed by atoms with Gasteiger partial charge in [0, 0.05) is 40.8 Å². The van der Waals surface area contributed by atoms with Gasteiger partial charge in [0.15, 0.2) is 0 Å². The second kappa shape index (κ2) is 9.82. The number of hydrogen-bond acceptors (Lipinski definition) is 3. The lowest BCUT2D eigenvalue weighted by molar-refractivity contribution is -0.132. The van der Waals surface area contributed by atoms with Crippen LogP contribution in [0.25, 0.3) is 10.9 Å². The van der Waals surface area contributed by atoms with Crippen LogP contribution in [-0.2, 0) is 16.1 Å². The molecule has 2 aromatic carbocycles. The van der Waals surface area contributed by atoms with Crippen LogP contribution in [0.1, 0.15) is 36.0 Å². The lowest BCUT2D eigenvalue weighted by Gasteiger charge is -2.27. The summed E-state index contributed by atoms with van der Waals surface area (Å²) < 4.78 is 2.03. The van der Waals surface area contributed by atoms with E-state index in [1.165, 1.54) is 23.7 Å². The molecule has 1 aliphatic rings. The van der Waals surface area contributed by atoms with Crippen molar-refractivity contribution in [3.63, 3.8) is 0 Å². The van der Waals surface area contributed by atoms with Gasteiger partial charge in [0.1, 0.15) is 6.54 Å². The van der Waals surface area contributed by atoms with Gasteiger partial charge >= 0.3 is 0 Å². The maximum Gasteiger partial charge on any atom is 0.242 e. The molecule has 1 fully saturated rings. The van der Waals surface area contributed by atoms with Gasteiger partial charge < -0.3 is 14.8 Å². The smallest absolute Gasteiger partial charge is 0.242 e. The number of carbonyl (C=O) groups excluding carboxylic acids is 2. The zero-order chi connectivity index (χ0) is 22.7. The first kappa shape index (κ1) is 22.5. The van der Waals surface area contributed by atoms with Crippen molar-refractivity contribution in [2.24, 2.45) is 0 Å². The van der Waals surface area contributed by atoms with Crippen LogP contribution in [0.3, 0.4) is 0 Å². The van der Waals surface area contributed by atoms with E-state index in [1.54, 1.807) is 0 Å². The van der Waals surface area contributed by atoms with Crippen LogP contribution in [-0.4, -0.2) is 40.1 Å². The molecule has 1 aliphatic heterocycles. The number of para-hydroxylation sites is 1. The zero-order valence-corrected chi connectivity index (χ0v) is 19.9. The number of thioether (sulfide) groups is 1. The molecule has 1 aromatic heterocycles. The highest BCUT2D eigenvalue weighted by atomic mass is 32.2. The van der Waals surface area contributed by atoms with E-state index in [4.69, 9.17) is 0 Å². The van der Waals surface area contributed by atoms with Gasteiger partial charge in [-0.15, -0.1) is 11.8 Å². The summed E-state index contributed by atoms with van der Waals surface area (Å²) in [5.41, 5.74) is 5.28. The van der Waals surface area contributed by atoms with Crippen molar-refractivity contribution in [2.45, 2.75) is 51.5 Å². The maximum absolute atomic E-state index is 12.8. The second-order valence-electron chi connectivity index (χ2n) is 8.69. The molecule has 0 saturated carbocycles. The average Bonchev–Trinajstić information content (AvgIpc) is 3.13. The molecular formula is C26H31N3O2S. The molecule has 168 valence electrons.